The van der Waals surface area contributed by atoms with Crippen molar-refractivity contribution in [2.24, 2.45) is 5.92 Å². The average molecular weight is 420 g/mol. The smallest absolute Gasteiger partial charge is 0.325 e. The number of nitrogens with zero attached hydrogens (tertiary/aromatic N) is 2. The fourth-order valence-electron chi connectivity index (χ4n) is 5.52. The van der Waals surface area contributed by atoms with E-state index >= 15 is 0 Å². The number of hydrogen-bond donors (Lipinski definition) is 2. The molecule has 0 unspecified atom stereocenters. The van der Waals surface area contributed by atoms with E-state index < -0.39 is 11.6 Å². The zero-order valence-electron chi connectivity index (χ0n) is 17.9. The highest BCUT2D eigenvalue weighted by Crippen LogP contribution is 2.36. The Morgan fingerprint density at radius 2 is 1.55 bits per heavy atom. The van der Waals surface area contributed by atoms with E-state index in [2.05, 4.69) is 22.0 Å². The van der Waals surface area contributed by atoms with Crippen molar-refractivity contribution in [3.63, 3.8) is 0 Å². The number of carbonyl (C=O) groups is 2. The minimum absolute atomic E-state index is 0.00614. The van der Waals surface area contributed by atoms with E-state index in [9.17, 15) is 14.7 Å². The first kappa shape index (κ1) is 20.1. The van der Waals surface area contributed by atoms with Gasteiger partial charge in [0.25, 0.3) is 5.91 Å². The van der Waals surface area contributed by atoms with Crippen LogP contribution in [0.3, 0.4) is 0 Å². The predicted molar refractivity (Wildman–Crippen MR) is 121 cm³/mol. The van der Waals surface area contributed by atoms with Crippen LogP contribution in [-0.2, 0) is 11.3 Å². The SMILES string of the molecule is C[C@]1(C2CCCCC2)NC(=O)N(C[C@H](O)Cn2c3ccccc3c3ccccc32)C1=O. The Balaban J connectivity index is 1.38. The molecule has 0 spiro atoms. The summed E-state index contributed by atoms with van der Waals surface area (Å²) >= 11 is 0. The van der Waals surface area contributed by atoms with Crippen molar-refractivity contribution in [2.75, 3.05) is 6.54 Å². The topological polar surface area (TPSA) is 74.6 Å². The van der Waals surface area contributed by atoms with Crippen LogP contribution in [0.4, 0.5) is 4.79 Å². The summed E-state index contributed by atoms with van der Waals surface area (Å²) in [6, 6.07) is 15.8. The fraction of sp³-hybridized carbons (Fsp3) is 0.440. The lowest BCUT2D eigenvalue weighted by Crippen LogP contribution is -2.51. The summed E-state index contributed by atoms with van der Waals surface area (Å²) in [5.41, 5.74) is 1.21. The molecule has 6 heteroatoms. The molecule has 0 radical (unpaired) electrons. The van der Waals surface area contributed by atoms with Crippen LogP contribution in [0.15, 0.2) is 48.5 Å². The maximum absolute atomic E-state index is 13.2. The van der Waals surface area contributed by atoms with Gasteiger partial charge in [0.2, 0.25) is 0 Å². The third-order valence-electron chi connectivity index (χ3n) is 7.19. The van der Waals surface area contributed by atoms with Gasteiger partial charge in [-0.2, -0.15) is 0 Å². The van der Waals surface area contributed by atoms with Crippen LogP contribution in [-0.4, -0.2) is 44.7 Å². The van der Waals surface area contributed by atoms with Gasteiger partial charge in [0.05, 0.1) is 19.2 Å². The zero-order valence-corrected chi connectivity index (χ0v) is 17.9. The van der Waals surface area contributed by atoms with E-state index in [0.717, 1.165) is 47.5 Å². The molecule has 1 aliphatic heterocycles. The lowest BCUT2D eigenvalue weighted by atomic mass is 9.75. The molecule has 1 aromatic heterocycles. The Labute approximate surface area is 181 Å². The van der Waals surface area contributed by atoms with E-state index in [1.54, 1.807) is 0 Å². The van der Waals surface area contributed by atoms with E-state index in [-0.39, 0.29) is 24.4 Å². The van der Waals surface area contributed by atoms with Crippen molar-refractivity contribution in [3.05, 3.63) is 48.5 Å². The standard InChI is InChI=1S/C25H29N3O3/c1-25(17-9-3-2-4-10-17)23(30)28(24(31)26-25)16-18(29)15-27-21-13-7-5-11-19(21)20-12-6-8-14-22(20)27/h5-8,11-14,17-18,29H,2-4,9-10,15-16H2,1H3,(H,26,31)/t18-,25-/m1/s1. The molecule has 2 atom stereocenters. The van der Waals surface area contributed by atoms with Gasteiger partial charge < -0.3 is 15.0 Å². The predicted octanol–water partition coefficient (Wildman–Crippen LogP) is 4.05. The van der Waals surface area contributed by atoms with Gasteiger partial charge >= 0.3 is 6.03 Å². The normalized spacial score (nSPS) is 23.6. The van der Waals surface area contributed by atoms with Gasteiger partial charge in [-0.15, -0.1) is 0 Å². The van der Waals surface area contributed by atoms with Crippen LogP contribution in [0.5, 0.6) is 0 Å². The molecule has 1 saturated heterocycles. The first-order chi connectivity index (χ1) is 15.0. The van der Waals surface area contributed by atoms with E-state index in [4.69, 9.17) is 0 Å². The Morgan fingerprint density at radius 1 is 0.968 bits per heavy atom. The number of carbonyl (C=O) groups excluding carboxylic acids is 2. The first-order valence-corrected chi connectivity index (χ1v) is 11.3. The second-order valence-corrected chi connectivity index (χ2v) is 9.18. The number of urea groups is 1. The van der Waals surface area contributed by atoms with Gasteiger partial charge in [-0.25, -0.2) is 4.79 Å². The lowest BCUT2D eigenvalue weighted by Gasteiger charge is -2.34. The number of imide groups is 1. The molecule has 2 aromatic carbocycles. The van der Waals surface area contributed by atoms with Crippen LogP contribution >= 0.6 is 0 Å². The molecular weight excluding hydrogens is 390 g/mol. The Morgan fingerprint density at radius 3 is 2.16 bits per heavy atom. The second-order valence-electron chi connectivity index (χ2n) is 9.18. The van der Waals surface area contributed by atoms with Crippen molar-refractivity contribution >= 4 is 33.7 Å². The molecule has 2 heterocycles. The number of benzene rings is 2. The van der Waals surface area contributed by atoms with Crippen LogP contribution in [0.2, 0.25) is 0 Å². The Kier molecular flexibility index (Phi) is 4.97. The van der Waals surface area contributed by atoms with Crippen molar-refractivity contribution < 1.29 is 14.7 Å². The van der Waals surface area contributed by atoms with Gasteiger partial charge in [0.15, 0.2) is 0 Å². The molecule has 0 bridgehead atoms. The molecule has 5 rings (SSSR count). The Bertz CT molecular complexity index is 1090. The minimum Gasteiger partial charge on any atom is -0.389 e. The number of aromatic nitrogens is 1. The number of fused-ring (bicyclic) bond motifs is 3. The fourth-order valence-corrected chi connectivity index (χ4v) is 5.52. The summed E-state index contributed by atoms with van der Waals surface area (Å²) in [5, 5.41) is 16.1. The molecular formula is C25H29N3O3. The van der Waals surface area contributed by atoms with Crippen LogP contribution in [0.1, 0.15) is 39.0 Å². The molecule has 2 fully saturated rings. The van der Waals surface area contributed by atoms with E-state index in [0.29, 0.717) is 6.54 Å². The molecule has 6 nitrogen and oxygen atoms in total. The third-order valence-corrected chi connectivity index (χ3v) is 7.19. The Hall–Kier alpha value is -2.86. The van der Waals surface area contributed by atoms with E-state index in [1.165, 1.54) is 11.3 Å². The van der Waals surface area contributed by atoms with Crippen LogP contribution in [0, 0.1) is 5.92 Å². The van der Waals surface area contributed by atoms with Gasteiger partial charge in [0.1, 0.15) is 5.54 Å². The van der Waals surface area contributed by atoms with Crippen LogP contribution < -0.4 is 5.32 Å². The largest absolute Gasteiger partial charge is 0.389 e. The van der Waals surface area contributed by atoms with Crippen molar-refractivity contribution in [2.45, 2.75) is 57.2 Å². The molecule has 1 saturated carbocycles. The van der Waals surface area contributed by atoms with Crippen molar-refractivity contribution in [3.8, 4) is 0 Å². The van der Waals surface area contributed by atoms with Crippen molar-refractivity contribution in [1.29, 1.82) is 0 Å². The van der Waals surface area contributed by atoms with Gasteiger partial charge in [-0.3, -0.25) is 9.69 Å². The number of aliphatic hydroxyl groups excluding tert-OH is 1. The van der Waals surface area contributed by atoms with Crippen molar-refractivity contribution in [1.82, 2.24) is 14.8 Å². The summed E-state index contributed by atoms with van der Waals surface area (Å²) in [7, 11) is 0. The summed E-state index contributed by atoms with van der Waals surface area (Å²) in [6.07, 6.45) is 4.44. The number of hydrogen-bond acceptors (Lipinski definition) is 3. The first-order valence-electron chi connectivity index (χ1n) is 11.3. The maximum atomic E-state index is 13.2. The summed E-state index contributed by atoms with van der Waals surface area (Å²) < 4.78 is 2.08. The highest BCUT2D eigenvalue weighted by Gasteiger charge is 2.52. The minimum atomic E-state index is -0.859. The molecule has 1 aliphatic carbocycles. The third kappa shape index (κ3) is 3.30. The molecule has 3 amide bonds. The molecule has 2 N–H and O–H groups in total. The number of aliphatic hydroxyl groups is 1. The molecule has 162 valence electrons. The monoisotopic (exact) mass is 419 g/mol. The molecule has 2 aliphatic rings. The number of β-amino-alcohol motifs (C(OH)–C–C–N with tert-alkyl or cyclic N) is 1. The second kappa shape index (κ2) is 7.68. The number of para-hydroxylation sites is 2. The summed E-state index contributed by atoms with van der Waals surface area (Å²) in [6.45, 7) is 2.15. The zero-order chi connectivity index (χ0) is 21.6. The van der Waals surface area contributed by atoms with Gasteiger partial charge in [-0.05, 0) is 37.8 Å². The van der Waals surface area contributed by atoms with Gasteiger partial charge in [-0.1, -0.05) is 55.7 Å². The lowest BCUT2D eigenvalue weighted by molar-refractivity contribution is -0.134. The highest BCUT2D eigenvalue weighted by atomic mass is 16.3. The molecule has 31 heavy (non-hydrogen) atoms. The maximum Gasteiger partial charge on any atom is 0.325 e. The van der Waals surface area contributed by atoms with Gasteiger partial charge in [0, 0.05) is 21.8 Å². The number of rotatable bonds is 5. The van der Waals surface area contributed by atoms with Crippen LogP contribution in [0.25, 0.3) is 21.8 Å². The summed E-state index contributed by atoms with van der Waals surface area (Å²) in [5.74, 6) is -0.0390. The quantitative estimate of drug-likeness (QED) is 0.613. The summed E-state index contributed by atoms with van der Waals surface area (Å²) in [4.78, 5) is 27.1. The number of nitrogens with one attached hydrogen (secondary N) is 1. The number of amides is 3. The highest BCUT2D eigenvalue weighted by molar-refractivity contribution is 6.08. The average Bonchev–Trinajstić information content (AvgIpc) is 3.22. The van der Waals surface area contributed by atoms with E-state index in [1.807, 2.05) is 43.3 Å². The molecule has 3 aromatic rings.